The average Bonchev–Trinajstić information content (AvgIpc) is 3.09. The summed E-state index contributed by atoms with van der Waals surface area (Å²) in [6, 6.07) is -3.80. The summed E-state index contributed by atoms with van der Waals surface area (Å²) in [6.45, 7) is 5.62. The van der Waals surface area contributed by atoms with E-state index in [1.807, 2.05) is 0 Å². The minimum Gasteiger partial charge on any atom is -0.481 e. The number of hydrogen-bond acceptors (Lipinski definition) is 11. The predicted octanol–water partition coefficient (Wildman–Crippen LogP) is 2.49. The van der Waals surface area contributed by atoms with Gasteiger partial charge in [0.05, 0.1) is 0 Å². The Bertz CT molecular complexity index is 1130. The summed E-state index contributed by atoms with van der Waals surface area (Å²) >= 11 is 0. The van der Waals surface area contributed by atoms with Crippen molar-refractivity contribution < 1.29 is 58.3 Å². The first kappa shape index (κ1) is 47.7. The zero-order valence-corrected chi connectivity index (χ0v) is 32.1. The number of esters is 1. The number of carboxylic acid groups (broad SMARTS) is 1. The number of aliphatic carboxylic acids is 1. The van der Waals surface area contributed by atoms with Crippen molar-refractivity contribution in [1.29, 1.82) is 0 Å². The second-order valence-electron chi connectivity index (χ2n) is 14.0. The second-order valence-corrected chi connectivity index (χ2v) is 14.0. The number of nitrogens with two attached hydrogens (primary N) is 1. The molecule has 0 bridgehead atoms. The second kappa shape index (κ2) is 27.3. The molecule has 0 aliphatic carbocycles. The molecule has 1 rings (SSSR count). The van der Waals surface area contributed by atoms with Crippen molar-refractivity contribution >= 4 is 35.6 Å². The lowest BCUT2D eigenvalue weighted by molar-refractivity contribution is -0.267. The number of aliphatic hydroxyl groups is 2. The number of primary amides is 1. The van der Waals surface area contributed by atoms with E-state index in [1.165, 1.54) is 91.4 Å². The number of ether oxygens (including phenoxy) is 3. The number of unbranched alkanes of at least 4 members (excludes halogenated alkanes) is 14. The molecule has 1 heterocycles. The fourth-order valence-corrected chi connectivity index (χ4v) is 6.05. The molecule has 1 aliphatic rings. The van der Waals surface area contributed by atoms with Gasteiger partial charge >= 0.3 is 11.9 Å². The Morgan fingerprint density at radius 2 is 1.30 bits per heavy atom. The first-order chi connectivity index (χ1) is 25.2. The highest BCUT2D eigenvalue weighted by Gasteiger charge is 2.47. The maximum Gasteiger partial charge on any atom is 0.305 e. The van der Waals surface area contributed by atoms with Crippen LogP contribution >= 0.6 is 0 Å². The average molecular weight is 759 g/mol. The number of carbonyl (C=O) groups excluding carboxylic acids is 5. The smallest absolute Gasteiger partial charge is 0.305 e. The van der Waals surface area contributed by atoms with Crippen LogP contribution in [0.4, 0.5) is 0 Å². The molecule has 1 aliphatic heterocycles. The normalized spacial score (nSPS) is 21.5. The monoisotopic (exact) mass is 758 g/mol. The maximum absolute atomic E-state index is 12.9. The van der Waals surface area contributed by atoms with Crippen LogP contribution in [0, 0.1) is 0 Å². The molecule has 16 nitrogen and oxygen atoms in total. The molecule has 0 aromatic heterocycles. The van der Waals surface area contributed by atoms with Gasteiger partial charge in [0.25, 0.3) is 0 Å². The Morgan fingerprint density at radius 1 is 0.774 bits per heavy atom. The largest absolute Gasteiger partial charge is 0.481 e. The summed E-state index contributed by atoms with van der Waals surface area (Å²) in [4.78, 5) is 72.3. The van der Waals surface area contributed by atoms with Gasteiger partial charge in [-0.25, -0.2) is 0 Å². The van der Waals surface area contributed by atoms with Gasteiger partial charge in [-0.3, -0.25) is 28.8 Å². The molecule has 0 radical (unpaired) electrons. The molecule has 306 valence electrons. The van der Waals surface area contributed by atoms with Crippen LogP contribution in [0.25, 0.3) is 0 Å². The van der Waals surface area contributed by atoms with Crippen LogP contribution in [0.5, 0.6) is 0 Å². The SMILES string of the molecule is CCCCCCCCCCCCCCCCCC(=O)OC[C@H]1O[C@H](O)[C@H](NC(C)=O)[C@@H](O[C@@H](C)C(=O)N[C@H](C)C(=O)N[C@H](CCC(=O)O)C(N)=O)[C@@H]1O. The summed E-state index contributed by atoms with van der Waals surface area (Å²) in [6.07, 6.45) is 10.3. The molecule has 0 saturated carbocycles. The Balaban J connectivity index is 2.53. The van der Waals surface area contributed by atoms with E-state index in [1.54, 1.807) is 0 Å². The number of amides is 4. The Labute approximate surface area is 314 Å². The van der Waals surface area contributed by atoms with Crippen molar-refractivity contribution in [1.82, 2.24) is 16.0 Å². The fourth-order valence-electron chi connectivity index (χ4n) is 6.05. The van der Waals surface area contributed by atoms with Crippen LogP contribution in [0.15, 0.2) is 0 Å². The van der Waals surface area contributed by atoms with E-state index in [2.05, 4.69) is 22.9 Å². The van der Waals surface area contributed by atoms with Crippen molar-refractivity contribution in [2.75, 3.05) is 6.61 Å². The molecule has 0 aromatic rings. The number of carboxylic acids is 1. The molecule has 4 amide bonds. The fraction of sp³-hybridized carbons (Fsp3) is 0.838. The van der Waals surface area contributed by atoms with Crippen LogP contribution < -0.4 is 21.7 Å². The molecule has 8 N–H and O–H groups in total. The van der Waals surface area contributed by atoms with Gasteiger partial charge in [0.1, 0.15) is 49.1 Å². The zero-order chi connectivity index (χ0) is 39.8. The standard InChI is InChI=1S/C37H66N4O12/c1-5-6-7-8-9-10-11-12-13-14-15-16-17-18-19-20-30(45)51-23-28-32(46)33(31(37(50)53-28)40-26(4)42)52-25(3)36(49)39-24(2)35(48)41-27(34(38)47)21-22-29(43)44/h24-25,27-28,31-33,37,46,50H,5-23H2,1-4H3,(H2,38,47)(H,39,49)(H,40,42)(H,41,48)(H,43,44)/t24-,25+,27-,28-,31-,32-,33-,37+/m1/s1. The lowest BCUT2D eigenvalue weighted by Crippen LogP contribution is -2.66. The van der Waals surface area contributed by atoms with E-state index in [-0.39, 0.29) is 12.8 Å². The van der Waals surface area contributed by atoms with Gasteiger partial charge < -0.3 is 51.2 Å². The van der Waals surface area contributed by atoms with Gasteiger partial charge in [-0.1, -0.05) is 96.8 Å². The van der Waals surface area contributed by atoms with E-state index >= 15 is 0 Å². The van der Waals surface area contributed by atoms with Crippen molar-refractivity contribution in [3.8, 4) is 0 Å². The number of hydrogen-bond donors (Lipinski definition) is 7. The number of nitrogens with one attached hydrogen (secondary N) is 3. The van der Waals surface area contributed by atoms with Gasteiger partial charge in [-0.15, -0.1) is 0 Å². The highest BCUT2D eigenvalue weighted by atomic mass is 16.6. The summed E-state index contributed by atoms with van der Waals surface area (Å²) in [7, 11) is 0. The quantitative estimate of drug-likeness (QED) is 0.0429. The molecular formula is C37H66N4O12. The summed E-state index contributed by atoms with van der Waals surface area (Å²) < 4.78 is 16.6. The van der Waals surface area contributed by atoms with Gasteiger partial charge in [-0.2, -0.15) is 0 Å². The highest BCUT2D eigenvalue weighted by molar-refractivity contribution is 5.92. The Morgan fingerprint density at radius 3 is 1.79 bits per heavy atom. The number of aliphatic hydroxyl groups excluding tert-OH is 2. The van der Waals surface area contributed by atoms with Crippen LogP contribution in [0.3, 0.4) is 0 Å². The number of rotatable bonds is 29. The molecule has 0 aromatic carbocycles. The van der Waals surface area contributed by atoms with Gasteiger partial charge in [-0.05, 0) is 26.7 Å². The first-order valence-corrected chi connectivity index (χ1v) is 19.4. The van der Waals surface area contributed by atoms with Gasteiger partial charge in [0.2, 0.25) is 23.6 Å². The predicted molar refractivity (Wildman–Crippen MR) is 195 cm³/mol. The Kier molecular flexibility index (Phi) is 24.5. The highest BCUT2D eigenvalue weighted by Crippen LogP contribution is 2.25. The minimum atomic E-state index is -1.69. The molecule has 1 saturated heterocycles. The van der Waals surface area contributed by atoms with Crippen molar-refractivity contribution in [3.63, 3.8) is 0 Å². The van der Waals surface area contributed by atoms with E-state index in [0.717, 1.165) is 19.3 Å². The molecule has 8 atom stereocenters. The molecule has 0 unspecified atom stereocenters. The molecule has 0 spiro atoms. The van der Waals surface area contributed by atoms with E-state index in [4.69, 9.17) is 25.1 Å². The third-order valence-electron chi connectivity index (χ3n) is 9.25. The Hall–Kier alpha value is -3.34. The van der Waals surface area contributed by atoms with Crippen molar-refractivity contribution in [2.45, 2.75) is 192 Å². The van der Waals surface area contributed by atoms with Gasteiger partial charge in [0.15, 0.2) is 6.29 Å². The minimum absolute atomic E-state index is 0.181. The summed E-state index contributed by atoms with van der Waals surface area (Å²) in [5.41, 5.74) is 5.25. The lowest BCUT2D eigenvalue weighted by Gasteiger charge is -2.43. The van der Waals surface area contributed by atoms with Crippen LogP contribution in [-0.4, -0.2) is 106 Å². The van der Waals surface area contributed by atoms with Gasteiger partial charge in [0, 0.05) is 19.8 Å². The lowest BCUT2D eigenvalue weighted by atomic mass is 9.96. The van der Waals surface area contributed by atoms with Crippen LogP contribution in [-0.2, 0) is 43.0 Å². The van der Waals surface area contributed by atoms with Crippen molar-refractivity contribution in [3.05, 3.63) is 0 Å². The molecule has 53 heavy (non-hydrogen) atoms. The third kappa shape index (κ3) is 20.6. The molecular weight excluding hydrogens is 692 g/mol. The molecule has 1 fully saturated rings. The summed E-state index contributed by atoms with van der Waals surface area (Å²) in [5, 5.41) is 37.8. The van der Waals surface area contributed by atoms with Crippen LogP contribution in [0.2, 0.25) is 0 Å². The van der Waals surface area contributed by atoms with Crippen molar-refractivity contribution in [2.24, 2.45) is 5.73 Å². The van der Waals surface area contributed by atoms with E-state index in [0.29, 0.717) is 6.42 Å². The molecule has 16 heteroatoms. The third-order valence-corrected chi connectivity index (χ3v) is 9.25. The summed E-state index contributed by atoms with van der Waals surface area (Å²) in [5.74, 6) is -4.85. The zero-order valence-electron chi connectivity index (χ0n) is 32.1. The first-order valence-electron chi connectivity index (χ1n) is 19.4. The van der Waals surface area contributed by atoms with Crippen LogP contribution in [0.1, 0.15) is 143 Å². The van der Waals surface area contributed by atoms with E-state index < -0.39 is 97.4 Å². The maximum atomic E-state index is 12.9. The number of carbonyl (C=O) groups is 6. The van der Waals surface area contributed by atoms with E-state index in [9.17, 15) is 39.0 Å². The topological polar surface area (TPSA) is 253 Å².